The molecule has 1 saturated heterocycles. The highest BCUT2D eigenvalue weighted by Gasteiger charge is 2.30. The highest BCUT2D eigenvalue weighted by atomic mass is 19.4. The van der Waals surface area contributed by atoms with Gasteiger partial charge in [-0.25, -0.2) is 0 Å². The highest BCUT2D eigenvalue weighted by molar-refractivity contribution is 5.93. The number of anilines is 1. The number of nitrogens with one attached hydrogen (secondary N) is 1. The summed E-state index contributed by atoms with van der Waals surface area (Å²) in [5.74, 6) is -0.0875. The maximum Gasteiger partial charge on any atom is 0.416 e. The van der Waals surface area contributed by atoms with Gasteiger partial charge in [-0.15, -0.1) is 0 Å². The van der Waals surface area contributed by atoms with Crippen molar-refractivity contribution in [2.24, 2.45) is 7.05 Å². The Morgan fingerprint density at radius 1 is 1.14 bits per heavy atom. The summed E-state index contributed by atoms with van der Waals surface area (Å²) in [6, 6.07) is 5.46. The van der Waals surface area contributed by atoms with Gasteiger partial charge in [0.25, 0.3) is 0 Å². The first-order valence-electron chi connectivity index (χ1n) is 9.54. The Bertz CT molecular complexity index is 869. The number of benzene rings is 1. The van der Waals surface area contributed by atoms with Gasteiger partial charge in [-0.2, -0.15) is 18.3 Å². The van der Waals surface area contributed by atoms with E-state index < -0.39 is 11.7 Å². The van der Waals surface area contributed by atoms with E-state index in [4.69, 9.17) is 0 Å². The number of alkyl halides is 3. The van der Waals surface area contributed by atoms with Gasteiger partial charge in [-0.1, -0.05) is 18.2 Å². The molecular formula is C20H26F3N5O. The minimum absolute atomic E-state index is 0.0875. The van der Waals surface area contributed by atoms with Crippen LogP contribution >= 0.6 is 0 Å². The van der Waals surface area contributed by atoms with Crippen molar-refractivity contribution in [2.45, 2.75) is 26.6 Å². The molecule has 0 bridgehead atoms. The van der Waals surface area contributed by atoms with Crippen LogP contribution in [0, 0.1) is 13.8 Å². The van der Waals surface area contributed by atoms with Crippen LogP contribution in [0.25, 0.3) is 0 Å². The minimum Gasteiger partial charge on any atom is -0.322 e. The van der Waals surface area contributed by atoms with E-state index in [1.807, 2.05) is 20.9 Å². The summed E-state index contributed by atoms with van der Waals surface area (Å²) in [6.45, 7) is 7.30. The number of hydrogen-bond acceptors (Lipinski definition) is 4. The SMILES string of the molecule is Cc1nn(C)c(C)c1NC(=O)CN1CCN(Cc2cccc(C(F)(F)F)c2)CC1. The zero-order chi connectivity index (χ0) is 21.2. The van der Waals surface area contributed by atoms with E-state index in [0.717, 1.165) is 23.1 Å². The van der Waals surface area contributed by atoms with Crippen molar-refractivity contribution < 1.29 is 18.0 Å². The van der Waals surface area contributed by atoms with Gasteiger partial charge < -0.3 is 5.32 Å². The van der Waals surface area contributed by atoms with Crippen LogP contribution < -0.4 is 5.32 Å². The molecule has 9 heteroatoms. The summed E-state index contributed by atoms with van der Waals surface area (Å²) in [5, 5.41) is 7.23. The van der Waals surface area contributed by atoms with Gasteiger partial charge >= 0.3 is 6.18 Å². The fourth-order valence-electron chi connectivity index (χ4n) is 3.55. The van der Waals surface area contributed by atoms with Gasteiger partial charge in [0.2, 0.25) is 5.91 Å². The van der Waals surface area contributed by atoms with Gasteiger partial charge in [0.1, 0.15) is 0 Å². The van der Waals surface area contributed by atoms with Crippen LogP contribution in [0.2, 0.25) is 0 Å². The van der Waals surface area contributed by atoms with E-state index in [2.05, 4.69) is 20.2 Å². The van der Waals surface area contributed by atoms with E-state index in [1.54, 1.807) is 10.7 Å². The summed E-state index contributed by atoms with van der Waals surface area (Å²) in [7, 11) is 1.83. The second-order valence-electron chi connectivity index (χ2n) is 7.47. The van der Waals surface area contributed by atoms with E-state index in [9.17, 15) is 18.0 Å². The van der Waals surface area contributed by atoms with E-state index in [1.165, 1.54) is 12.1 Å². The number of nitrogens with zero attached hydrogens (tertiary/aromatic N) is 4. The number of carbonyl (C=O) groups excluding carboxylic acids is 1. The lowest BCUT2D eigenvalue weighted by Gasteiger charge is -2.34. The van der Waals surface area contributed by atoms with Crippen LogP contribution in [0.1, 0.15) is 22.5 Å². The molecule has 1 amide bonds. The quantitative estimate of drug-likeness (QED) is 0.825. The van der Waals surface area contributed by atoms with Crippen molar-refractivity contribution in [3.8, 4) is 0 Å². The lowest BCUT2D eigenvalue weighted by molar-refractivity contribution is -0.137. The Kier molecular flexibility index (Phi) is 6.28. The molecule has 1 aliphatic rings. The zero-order valence-corrected chi connectivity index (χ0v) is 16.9. The Hall–Kier alpha value is -2.39. The van der Waals surface area contributed by atoms with Crippen LogP contribution in [-0.2, 0) is 24.6 Å². The third kappa shape index (κ3) is 5.36. The summed E-state index contributed by atoms with van der Waals surface area (Å²) in [6.07, 6.45) is -4.33. The molecule has 0 spiro atoms. The smallest absolute Gasteiger partial charge is 0.322 e. The predicted molar refractivity (Wildman–Crippen MR) is 104 cm³/mol. The van der Waals surface area contributed by atoms with Gasteiger partial charge in [-0.3, -0.25) is 19.3 Å². The molecule has 1 aromatic carbocycles. The van der Waals surface area contributed by atoms with E-state index in [-0.39, 0.29) is 12.5 Å². The molecular weight excluding hydrogens is 383 g/mol. The Labute approximate surface area is 168 Å². The molecule has 1 aromatic heterocycles. The first kappa shape index (κ1) is 21.3. The fraction of sp³-hybridized carbons (Fsp3) is 0.500. The molecule has 29 heavy (non-hydrogen) atoms. The minimum atomic E-state index is -4.33. The van der Waals surface area contributed by atoms with Gasteiger partial charge in [0.05, 0.1) is 29.2 Å². The number of piperazine rings is 1. The highest BCUT2D eigenvalue weighted by Crippen LogP contribution is 2.29. The number of aryl methyl sites for hydroxylation is 2. The summed E-state index contributed by atoms with van der Waals surface area (Å²) >= 11 is 0. The van der Waals surface area contributed by atoms with E-state index >= 15 is 0 Å². The average molecular weight is 409 g/mol. The molecule has 0 unspecified atom stereocenters. The summed E-state index contributed by atoms with van der Waals surface area (Å²) in [5.41, 5.74) is 2.46. The molecule has 0 radical (unpaired) electrons. The number of amides is 1. The first-order chi connectivity index (χ1) is 13.6. The van der Waals surface area contributed by atoms with Crippen LogP contribution in [0.5, 0.6) is 0 Å². The molecule has 158 valence electrons. The van der Waals surface area contributed by atoms with Gasteiger partial charge in [0, 0.05) is 39.8 Å². The monoisotopic (exact) mass is 409 g/mol. The Morgan fingerprint density at radius 3 is 2.38 bits per heavy atom. The van der Waals surface area contributed by atoms with E-state index in [0.29, 0.717) is 38.3 Å². The molecule has 6 nitrogen and oxygen atoms in total. The lowest BCUT2D eigenvalue weighted by Crippen LogP contribution is -2.48. The maximum absolute atomic E-state index is 12.9. The lowest BCUT2D eigenvalue weighted by atomic mass is 10.1. The normalized spacial score (nSPS) is 16.2. The molecule has 1 N–H and O–H groups in total. The Morgan fingerprint density at radius 2 is 1.79 bits per heavy atom. The second kappa shape index (κ2) is 8.54. The van der Waals surface area contributed by atoms with Crippen molar-refractivity contribution in [1.29, 1.82) is 0 Å². The second-order valence-corrected chi connectivity index (χ2v) is 7.47. The van der Waals surface area contributed by atoms with Gasteiger partial charge in [0.15, 0.2) is 0 Å². The summed E-state index contributed by atoms with van der Waals surface area (Å²) < 4.78 is 40.3. The maximum atomic E-state index is 12.9. The number of hydrogen-bond donors (Lipinski definition) is 1. The molecule has 1 fully saturated rings. The largest absolute Gasteiger partial charge is 0.416 e. The van der Waals surface area contributed by atoms with Gasteiger partial charge in [-0.05, 0) is 25.5 Å². The third-order valence-electron chi connectivity index (χ3n) is 5.27. The van der Waals surface area contributed by atoms with Crippen LogP contribution in [-0.4, -0.2) is 58.2 Å². The molecule has 1 aliphatic heterocycles. The third-order valence-corrected chi connectivity index (χ3v) is 5.27. The predicted octanol–water partition coefficient (Wildman–Crippen LogP) is 2.81. The fourth-order valence-corrected chi connectivity index (χ4v) is 3.55. The van der Waals surface area contributed by atoms with Crippen LogP contribution in [0.3, 0.4) is 0 Å². The first-order valence-corrected chi connectivity index (χ1v) is 9.54. The number of rotatable bonds is 5. The van der Waals surface area contributed by atoms with Crippen molar-refractivity contribution >= 4 is 11.6 Å². The van der Waals surface area contributed by atoms with Crippen molar-refractivity contribution in [3.05, 3.63) is 46.8 Å². The molecule has 0 atom stereocenters. The number of carbonyl (C=O) groups is 1. The number of aromatic nitrogens is 2. The zero-order valence-electron chi connectivity index (χ0n) is 16.9. The van der Waals surface area contributed by atoms with Crippen molar-refractivity contribution in [2.75, 3.05) is 38.0 Å². The Balaban J connectivity index is 1.49. The average Bonchev–Trinajstić information content (AvgIpc) is 2.89. The molecule has 2 heterocycles. The number of halogens is 3. The van der Waals surface area contributed by atoms with Crippen molar-refractivity contribution in [1.82, 2.24) is 19.6 Å². The summed E-state index contributed by atoms with van der Waals surface area (Å²) in [4.78, 5) is 16.6. The van der Waals surface area contributed by atoms with Crippen LogP contribution in [0.15, 0.2) is 24.3 Å². The molecule has 0 saturated carbocycles. The molecule has 2 aromatic rings. The van der Waals surface area contributed by atoms with Crippen molar-refractivity contribution in [3.63, 3.8) is 0 Å². The molecule has 0 aliphatic carbocycles. The topological polar surface area (TPSA) is 53.4 Å². The van der Waals surface area contributed by atoms with Crippen LogP contribution in [0.4, 0.5) is 18.9 Å². The standard InChI is InChI=1S/C20H26F3N5O/c1-14-19(15(2)26(3)25-14)24-18(29)13-28-9-7-27(8-10-28)12-16-5-4-6-17(11-16)20(21,22)23/h4-6,11H,7-10,12-13H2,1-3H3,(H,24,29). The molecule has 3 rings (SSSR count).